The molecule has 2 aromatic rings. The molecule has 1 fully saturated rings. The van der Waals surface area contributed by atoms with Crippen LogP contribution in [0, 0.1) is 6.92 Å². The number of aromatic nitrogens is 1. The van der Waals surface area contributed by atoms with Gasteiger partial charge in [0, 0.05) is 28.9 Å². The number of anilines is 1. The molecule has 0 atom stereocenters. The number of ether oxygens (including phenoxy) is 1. The van der Waals surface area contributed by atoms with Gasteiger partial charge in [0.05, 0.1) is 5.69 Å². The number of aryl methyl sites for hydroxylation is 1. The minimum Gasteiger partial charge on any atom is -0.487 e. The number of nitrogens with zero attached hydrogens (tertiary/aromatic N) is 2. The van der Waals surface area contributed by atoms with Crippen LogP contribution in [0.5, 0.6) is 5.75 Å². The second-order valence-electron chi connectivity index (χ2n) is 5.75. The predicted octanol–water partition coefficient (Wildman–Crippen LogP) is 4.72. The molecule has 1 aliphatic heterocycles. The van der Waals surface area contributed by atoms with E-state index in [-0.39, 0.29) is 0 Å². The number of rotatable bonds is 4. The zero-order valence-corrected chi connectivity index (χ0v) is 14.5. The maximum absolute atomic E-state index is 5.84. The molecule has 3 nitrogen and oxygen atoms in total. The molecule has 4 heteroatoms. The highest BCUT2D eigenvalue weighted by Crippen LogP contribution is 2.22. The largest absolute Gasteiger partial charge is 0.487 e. The second-order valence-corrected chi connectivity index (χ2v) is 6.66. The van der Waals surface area contributed by atoms with Crippen LogP contribution in [0.3, 0.4) is 0 Å². The molecule has 22 heavy (non-hydrogen) atoms. The summed E-state index contributed by atoms with van der Waals surface area (Å²) in [5, 5.41) is 0. The molecule has 0 radical (unpaired) electrons. The Labute approximate surface area is 140 Å². The summed E-state index contributed by atoms with van der Waals surface area (Å²) in [4.78, 5) is 7.06. The minimum absolute atomic E-state index is 0.504. The van der Waals surface area contributed by atoms with E-state index >= 15 is 0 Å². The fraction of sp³-hybridized carbons (Fsp3) is 0.389. The van der Waals surface area contributed by atoms with E-state index in [0.717, 1.165) is 34.7 Å². The molecule has 1 aromatic heterocycles. The van der Waals surface area contributed by atoms with Crippen LogP contribution in [-0.4, -0.2) is 18.1 Å². The van der Waals surface area contributed by atoms with Gasteiger partial charge in [-0.2, -0.15) is 0 Å². The van der Waals surface area contributed by atoms with Crippen LogP contribution in [0.4, 0.5) is 5.69 Å². The number of piperidine rings is 1. The lowest BCUT2D eigenvalue weighted by atomic mass is 10.1. The zero-order valence-electron chi connectivity index (χ0n) is 12.9. The van der Waals surface area contributed by atoms with E-state index in [4.69, 9.17) is 4.74 Å². The molecule has 0 bridgehead atoms. The molecule has 0 spiro atoms. The Morgan fingerprint density at radius 3 is 2.55 bits per heavy atom. The molecule has 0 saturated carbocycles. The summed E-state index contributed by atoms with van der Waals surface area (Å²) in [6.07, 6.45) is 3.91. The number of hydrogen-bond donors (Lipinski definition) is 0. The van der Waals surface area contributed by atoms with Gasteiger partial charge in [-0.15, -0.1) is 0 Å². The van der Waals surface area contributed by atoms with Crippen molar-refractivity contribution in [3.05, 3.63) is 52.3 Å². The molecule has 3 rings (SSSR count). The van der Waals surface area contributed by atoms with Crippen LogP contribution in [0.1, 0.15) is 30.7 Å². The first kappa shape index (κ1) is 15.3. The highest BCUT2D eigenvalue weighted by atomic mass is 79.9. The van der Waals surface area contributed by atoms with E-state index in [9.17, 15) is 0 Å². The number of benzene rings is 1. The van der Waals surface area contributed by atoms with Gasteiger partial charge in [0.1, 0.15) is 12.4 Å². The average Bonchev–Trinajstić information content (AvgIpc) is 2.55. The van der Waals surface area contributed by atoms with E-state index in [1.165, 1.54) is 24.9 Å². The van der Waals surface area contributed by atoms with Crippen LogP contribution in [-0.2, 0) is 6.61 Å². The van der Waals surface area contributed by atoms with Crippen molar-refractivity contribution in [2.45, 2.75) is 32.8 Å². The van der Waals surface area contributed by atoms with E-state index < -0.39 is 0 Å². The third-order valence-electron chi connectivity index (χ3n) is 3.91. The molecule has 1 aromatic carbocycles. The summed E-state index contributed by atoms with van der Waals surface area (Å²) in [6, 6.07) is 12.2. The monoisotopic (exact) mass is 360 g/mol. The molecule has 1 saturated heterocycles. The zero-order chi connectivity index (χ0) is 15.4. The maximum atomic E-state index is 5.84. The van der Waals surface area contributed by atoms with Crippen molar-refractivity contribution in [2.75, 3.05) is 18.0 Å². The van der Waals surface area contributed by atoms with Gasteiger partial charge < -0.3 is 9.64 Å². The van der Waals surface area contributed by atoms with Crippen molar-refractivity contribution in [3.63, 3.8) is 0 Å². The van der Waals surface area contributed by atoms with Gasteiger partial charge in [-0.1, -0.05) is 15.9 Å². The summed E-state index contributed by atoms with van der Waals surface area (Å²) < 4.78 is 6.90. The average molecular weight is 361 g/mol. The van der Waals surface area contributed by atoms with Crippen LogP contribution in [0.25, 0.3) is 0 Å². The fourth-order valence-electron chi connectivity index (χ4n) is 2.81. The van der Waals surface area contributed by atoms with Crippen molar-refractivity contribution in [1.29, 1.82) is 0 Å². The summed E-state index contributed by atoms with van der Waals surface area (Å²) in [5.74, 6) is 0.867. The Hall–Kier alpha value is -1.55. The first-order valence-electron chi connectivity index (χ1n) is 7.81. The van der Waals surface area contributed by atoms with Gasteiger partial charge in [0.2, 0.25) is 0 Å². The lowest BCUT2D eigenvalue weighted by Gasteiger charge is -2.29. The van der Waals surface area contributed by atoms with Crippen molar-refractivity contribution < 1.29 is 4.74 Å². The Morgan fingerprint density at radius 2 is 1.82 bits per heavy atom. The highest BCUT2D eigenvalue weighted by molar-refractivity contribution is 9.10. The molecule has 0 amide bonds. The van der Waals surface area contributed by atoms with E-state index in [2.05, 4.69) is 44.9 Å². The van der Waals surface area contributed by atoms with Gasteiger partial charge >= 0.3 is 0 Å². The molecule has 116 valence electrons. The van der Waals surface area contributed by atoms with Crippen LogP contribution in [0.2, 0.25) is 0 Å². The molecule has 0 aliphatic carbocycles. The Kier molecular flexibility index (Phi) is 4.98. The molecular weight excluding hydrogens is 340 g/mol. The number of halogens is 1. The van der Waals surface area contributed by atoms with Crippen molar-refractivity contribution in [2.24, 2.45) is 0 Å². The third kappa shape index (κ3) is 4.01. The number of pyridine rings is 1. The first-order chi connectivity index (χ1) is 10.7. The lowest BCUT2D eigenvalue weighted by Crippen LogP contribution is -2.29. The third-order valence-corrected chi connectivity index (χ3v) is 4.44. The molecule has 1 aliphatic rings. The summed E-state index contributed by atoms with van der Waals surface area (Å²) in [5.41, 5.74) is 3.32. The Balaban J connectivity index is 1.70. The smallest absolute Gasteiger partial charge is 0.130 e. The lowest BCUT2D eigenvalue weighted by molar-refractivity contribution is 0.301. The standard InChI is InChI=1S/C18H21BrN2O/c1-14-11-17(21-9-3-2-4-10-21)12-16(20-14)13-22-18-7-5-15(19)6-8-18/h5-8,11-12H,2-4,9-10,13H2,1H3. The fourth-order valence-corrected chi connectivity index (χ4v) is 3.08. The predicted molar refractivity (Wildman–Crippen MR) is 93.5 cm³/mol. The number of hydrogen-bond acceptors (Lipinski definition) is 3. The van der Waals surface area contributed by atoms with E-state index in [1.54, 1.807) is 0 Å². The quantitative estimate of drug-likeness (QED) is 0.788. The van der Waals surface area contributed by atoms with Crippen LogP contribution in [0.15, 0.2) is 40.9 Å². The summed E-state index contributed by atoms with van der Waals surface area (Å²) in [7, 11) is 0. The second kappa shape index (κ2) is 7.14. The van der Waals surface area contributed by atoms with Crippen LogP contribution < -0.4 is 9.64 Å². The van der Waals surface area contributed by atoms with Gasteiger partial charge in [-0.3, -0.25) is 4.98 Å². The molecular formula is C18H21BrN2O. The SMILES string of the molecule is Cc1cc(N2CCCCC2)cc(COc2ccc(Br)cc2)n1. The van der Waals surface area contributed by atoms with Gasteiger partial charge in [0.25, 0.3) is 0 Å². The molecule has 0 N–H and O–H groups in total. The topological polar surface area (TPSA) is 25.4 Å². The van der Waals surface area contributed by atoms with Gasteiger partial charge in [-0.05, 0) is 62.6 Å². The summed E-state index contributed by atoms with van der Waals surface area (Å²) >= 11 is 3.43. The van der Waals surface area contributed by atoms with Gasteiger partial charge in [0.15, 0.2) is 0 Å². The Bertz CT molecular complexity index is 621. The normalized spacial score (nSPS) is 14.9. The van der Waals surface area contributed by atoms with E-state index in [1.807, 2.05) is 24.3 Å². The van der Waals surface area contributed by atoms with Crippen LogP contribution >= 0.6 is 15.9 Å². The minimum atomic E-state index is 0.504. The summed E-state index contributed by atoms with van der Waals surface area (Å²) in [6.45, 7) is 4.85. The van der Waals surface area contributed by atoms with Gasteiger partial charge in [-0.25, -0.2) is 0 Å². The van der Waals surface area contributed by atoms with Crippen molar-refractivity contribution in [1.82, 2.24) is 4.98 Å². The Morgan fingerprint density at radius 1 is 1.09 bits per heavy atom. The molecule has 0 unspecified atom stereocenters. The molecule has 2 heterocycles. The first-order valence-corrected chi connectivity index (χ1v) is 8.61. The highest BCUT2D eigenvalue weighted by Gasteiger charge is 2.12. The van der Waals surface area contributed by atoms with E-state index in [0.29, 0.717) is 6.61 Å². The van der Waals surface area contributed by atoms with Crippen molar-refractivity contribution >= 4 is 21.6 Å². The van der Waals surface area contributed by atoms with Crippen molar-refractivity contribution in [3.8, 4) is 5.75 Å². The maximum Gasteiger partial charge on any atom is 0.130 e.